The van der Waals surface area contributed by atoms with Gasteiger partial charge in [-0.2, -0.15) is 4.31 Å². The lowest BCUT2D eigenvalue weighted by Gasteiger charge is -2.14. The third kappa shape index (κ3) is 3.71. The lowest BCUT2D eigenvalue weighted by atomic mass is 10.0. The Balaban J connectivity index is 1.56. The van der Waals surface area contributed by atoms with Crippen LogP contribution in [0, 0.1) is 0 Å². The van der Waals surface area contributed by atoms with E-state index in [1.807, 2.05) is 18.2 Å². The van der Waals surface area contributed by atoms with Gasteiger partial charge in [0.25, 0.3) is 0 Å². The van der Waals surface area contributed by atoms with Crippen LogP contribution in [0.4, 0.5) is 0 Å². The van der Waals surface area contributed by atoms with Crippen molar-refractivity contribution in [2.24, 2.45) is 0 Å². The summed E-state index contributed by atoms with van der Waals surface area (Å²) in [4.78, 5) is 11.9. The Morgan fingerprint density at radius 2 is 1.91 bits per heavy atom. The van der Waals surface area contributed by atoms with E-state index < -0.39 is 10.0 Å². The molecule has 0 radical (unpaired) electrons. The van der Waals surface area contributed by atoms with Crippen molar-refractivity contribution in [3.8, 4) is 0 Å². The molecule has 1 aliphatic heterocycles. The van der Waals surface area contributed by atoms with Gasteiger partial charge >= 0.3 is 0 Å². The number of benzene rings is 2. The van der Waals surface area contributed by atoms with Crippen molar-refractivity contribution < 1.29 is 13.2 Å². The largest absolute Gasteiger partial charge is 0.355 e. The van der Waals surface area contributed by atoms with E-state index in [2.05, 4.69) is 29.6 Å². The summed E-state index contributed by atoms with van der Waals surface area (Å²) in [5.74, 6) is -0.0910. The summed E-state index contributed by atoms with van der Waals surface area (Å²) >= 11 is 0. The summed E-state index contributed by atoms with van der Waals surface area (Å²) in [6, 6.07) is 14.3. The van der Waals surface area contributed by atoms with E-state index in [-0.39, 0.29) is 18.2 Å². The molecule has 0 unspecified atom stereocenters. The molecule has 0 spiro atoms. The smallest absolute Gasteiger partial charge is 0.235 e. The molecule has 23 heavy (non-hydrogen) atoms. The van der Waals surface area contributed by atoms with E-state index in [9.17, 15) is 13.2 Å². The zero-order valence-electron chi connectivity index (χ0n) is 12.9. The van der Waals surface area contributed by atoms with Gasteiger partial charge in [-0.25, -0.2) is 8.42 Å². The number of carbonyl (C=O) groups is 1. The molecule has 0 atom stereocenters. The SMILES string of the molecule is O=C(CN1CCCS1(=O)=O)NCCc1cccc2ccccc12. The van der Waals surface area contributed by atoms with Gasteiger partial charge < -0.3 is 5.32 Å². The first-order valence-corrected chi connectivity index (χ1v) is 9.38. The Hall–Kier alpha value is -1.92. The van der Waals surface area contributed by atoms with Crippen LogP contribution in [0.1, 0.15) is 12.0 Å². The fraction of sp³-hybridized carbons (Fsp3) is 0.353. The Bertz CT molecular complexity index is 812. The number of rotatable bonds is 5. The van der Waals surface area contributed by atoms with E-state index in [4.69, 9.17) is 0 Å². The maximum absolute atomic E-state index is 11.9. The highest BCUT2D eigenvalue weighted by atomic mass is 32.2. The minimum atomic E-state index is -3.22. The first-order valence-electron chi connectivity index (χ1n) is 7.77. The van der Waals surface area contributed by atoms with Gasteiger partial charge in [0.1, 0.15) is 0 Å². The molecule has 122 valence electrons. The second-order valence-electron chi connectivity index (χ2n) is 5.74. The van der Waals surface area contributed by atoms with Crippen LogP contribution >= 0.6 is 0 Å². The second-order valence-corrected chi connectivity index (χ2v) is 7.83. The first-order chi connectivity index (χ1) is 11.1. The molecule has 1 heterocycles. The van der Waals surface area contributed by atoms with Gasteiger partial charge in [0.2, 0.25) is 15.9 Å². The number of hydrogen-bond donors (Lipinski definition) is 1. The number of sulfonamides is 1. The molecule has 3 rings (SSSR count). The van der Waals surface area contributed by atoms with Gasteiger partial charge in [0.05, 0.1) is 12.3 Å². The minimum absolute atomic E-state index is 0.0716. The van der Waals surface area contributed by atoms with Gasteiger partial charge in [-0.3, -0.25) is 4.79 Å². The zero-order valence-corrected chi connectivity index (χ0v) is 13.7. The van der Waals surface area contributed by atoms with Crippen LogP contribution in [0.5, 0.6) is 0 Å². The van der Waals surface area contributed by atoms with Crippen molar-refractivity contribution in [1.29, 1.82) is 0 Å². The van der Waals surface area contributed by atoms with Crippen LogP contribution < -0.4 is 5.32 Å². The number of nitrogens with one attached hydrogen (secondary N) is 1. The minimum Gasteiger partial charge on any atom is -0.355 e. The third-order valence-electron chi connectivity index (χ3n) is 4.12. The van der Waals surface area contributed by atoms with Crippen LogP contribution in [0.15, 0.2) is 42.5 Å². The van der Waals surface area contributed by atoms with Crippen LogP contribution in [-0.4, -0.2) is 44.0 Å². The molecule has 0 aromatic heterocycles. The highest BCUT2D eigenvalue weighted by Crippen LogP contribution is 2.18. The molecule has 0 bridgehead atoms. The summed E-state index contributed by atoms with van der Waals surface area (Å²) in [7, 11) is -3.22. The van der Waals surface area contributed by atoms with Crippen LogP contribution in [0.25, 0.3) is 10.8 Å². The lowest BCUT2D eigenvalue weighted by molar-refractivity contribution is -0.121. The third-order valence-corrected chi connectivity index (χ3v) is 6.02. The van der Waals surface area contributed by atoms with E-state index in [1.165, 1.54) is 20.6 Å². The van der Waals surface area contributed by atoms with Gasteiger partial charge in [-0.15, -0.1) is 0 Å². The molecule has 6 heteroatoms. The van der Waals surface area contributed by atoms with E-state index in [0.717, 1.165) is 6.42 Å². The van der Waals surface area contributed by atoms with Crippen molar-refractivity contribution in [1.82, 2.24) is 9.62 Å². The van der Waals surface area contributed by atoms with Gasteiger partial charge in [-0.05, 0) is 29.2 Å². The number of fused-ring (bicyclic) bond motifs is 1. The quantitative estimate of drug-likeness (QED) is 0.903. The maximum atomic E-state index is 11.9. The molecule has 2 aromatic carbocycles. The molecule has 1 saturated heterocycles. The summed E-state index contributed by atoms with van der Waals surface area (Å²) in [6.45, 7) is 0.873. The first kappa shape index (κ1) is 16.0. The standard InChI is InChI=1S/C17H20N2O3S/c20-17(13-19-11-4-12-23(19,21)22)18-10-9-15-7-3-6-14-5-1-2-8-16(14)15/h1-3,5-8H,4,9-13H2,(H,18,20). The topological polar surface area (TPSA) is 66.5 Å². The van der Waals surface area contributed by atoms with Gasteiger partial charge in [0.15, 0.2) is 0 Å². The number of amides is 1. The van der Waals surface area contributed by atoms with E-state index >= 15 is 0 Å². The highest BCUT2D eigenvalue weighted by Gasteiger charge is 2.29. The van der Waals surface area contributed by atoms with E-state index in [0.29, 0.717) is 19.5 Å². The Morgan fingerprint density at radius 1 is 1.13 bits per heavy atom. The van der Waals surface area contributed by atoms with Crippen LogP contribution in [0.2, 0.25) is 0 Å². The van der Waals surface area contributed by atoms with Gasteiger partial charge in [0, 0.05) is 13.1 Å². The highest BCUT2D eigenvalue weighted by molar-refractivity contribution is 7.89. The van der Waals surface area contributed by atoms with Crippen LogP contribution in [-0.2, 0) is 21.2 Å². The van der Waals surface area contributed by atoms with Crippen LogP contribution in [0.3, 0.4) is 0 Å². The second kappa shape index (κ2) is 6.68. The Morgan fingerprint density at radius 3 is 2.70 bits per heavy atom. The Labute approximate surface area is 136 Å². The normalized spacial score (nSPS) is 17.4. The predicted molar refractivity (Wildman–Crippen MR) is 90.6 cm³/mol. The van der Waals surface area contributed by atoms with Crippen molar-refractivity contribution >= 4 is 26.7 Å². The fourth-order valence-corrected chi connectivity index (χ4v) is 4.41. The summed E-state index contributed by atoms with van der Waals surface area (Å²) in [5, 5.41) is 5.18. The zero-order chi connectivity index (χ0) is 16.3. The van der Waals surface area contributed by atoms with Gasteiger partial charge in [-0.1, -0.05) is 42.5 Å². The molecule has 1 N–H and O–H groups in total. The molecular weight excluding hydrogens is 312 g/mol. The monoisotopic (exact) mass is 332 g/mol. The molecule has 5 nitrogen and oxygen atoms in total. The van der Waals surface area contributed by atoms with Crippen molar-refractivity contribution in [3.05, 3.63) is 48.0 Å². The van der Waals surface area contributed by atoms with Crippen molar-refractivity contribution in [2.75, 3.05) is 25.4 Å². The number of carbonyl (C=O) groups excluding carboxylic acids is 1. The lowest BCUT2D eigenvalue weighted by Crippen LogP contribution is -2.38. The molecule has 1 amide bonds. The number of hydrogen-bond acceptors (Lipinski definition) is 3. The van der Waals surface area contributed by atoms with Crippen molar-refractivity contribution in [3.63, 3.8) is 0 Å². The molecule has 0 saturated carbocycles. The molecule has 0 aliphatic carbocycles. The summed E-state index contributed by atoms with van der Waals surface area (Å²) in [5.41, 5.74) is 1.18. The number of nitrogens with zero attached hydrogens (tertiary/aromatic N) is 1. The predicted octanol–water partition coefficient (Wildman–Crippen LogP) is 1.53. The average Bonchev–Trinajstić information content (AvgIpc) is 2.86. The Kier molecular flexibility index (Phi) is 4.63. The average molecular weight is 332 g/mol. The molecule has 1 aliphatic rings. The fourth-order valence-electron chi connectivity index (χ4n) is 2.93. The maximum Gasteiger partial charge on any atom is 0.235 e. The van der Waals surface area contributed by atoms with Crippen molar-refractivity contribution in [2.45, 2.75) is 12.8 Å². The van der Waals surface area contributed by atoms with E-state index in [1.54, 1.807) is 0 Å². The molecular formula is C17H20N2O3S. The molecule has 1 fully saturated rings. The summed E-state index contributed by atoms with van der Waals surface area (Å²) in [6.07, 6.45) is 1.32. The molecule has 2 aromatic rings. The summed E-state index contributed by atoms with van der Waals surface area (Å²) < 4.78 is 24.6.